The number of thioether (sulfide) groups is 1. The molecule has 1 aromatic carbocycles. The highest BCUT2D eigenvalue weighted by Crippen LogP contribution is 2.25. The number of rotatable bonds is 3. The Balaban J connectivity index is 2.02. The first-order valence-corrected chi connectivity index (χ1v) is 7.48. The summed E-state index contributed by atoms with van der Waals surface area (Å²) in [5.74, 6) is 0.715. The molecule has 1 amide bonds. The average Bonchev–Trinajstić information content (AvgIpc) is 2.42. The minimum Gasteiger partial charge on any atom is -0.349 e. The van der Waals surface area contributed by atoms with Crippen molar-refractivity contribution in [3.8, 4) is 5.40 Å². The number of carbonyl (C=O) groups excluding carboxylic acids is 1. The van der Waals surface area contributed by atoms with Crippen molar-refractivity contribution in [3.63, 3.8) is 0 Å². The van der Waals surface area contributed by atoms with Gasteiger partial charge in [-0.05, 0) is 55.5 Å². The van der Waals surface area contributed by atoms with E-state index >= 15 is 0 Å². The molecule has 0 atom stereocenters. The fraction of sp³-hybridized carbons (Fsp3) is 0.467. The van der Waals surface area contributed by atoms with Gasteiger partial charge in [-0.2, -0.15) is 5.26 Å². The molecule has 0 spiro atoms. The third-order valence-corrected chi connectivity index (χ3v) is 4.31. The molecular formula is C15H18N2OS. The first-order valence-electron chi connectivity index (χ1n) is 6.66. The standard InChI is InChI=1S/C15H18N2OS/c1-11-6-8-12(9-7-11)17-15(18)13-4-2-3-5-14(13)19-10-16/h2-5,11-12H,6-9H2,1H3,(H,17,18). The summed E-state index contributed by atoms with van der Waals surface area (Å²) in [7, 11) is 0. The predicted molar refractivity (Wildman–Crippen MR) is 76.8 cm³/mol. The van der Waals surface area contributed by atoms with E-state index < -0.39 is 0 Å². The number of carbonyl (C=O) groups is 1. The van der Waals surface area contributed by atoms with Crippen LogP contribution in [0, 0.1) is 16.6 Å². The number of benzene rings is 1. The molecule has 0 radical (unpaired) electrons. The van der Waals surface area contributed by atoms with E-state index in [1.165, 1.54) is 12.8 Å². The molecule has 1 aliphatic rings. The van der Waals surface area contributed by atoms with Crippen molar-refractivity contribution in [2.45, 2.75) is 43.5 Å². The number of amides is 1. The summed E-state index contributed by atoms with van der Waals surface area (Å²) in [6, 6.07) is 7.55. The van der Waals surface area contributed by atoms with Crippen LogP contribution >= 0.6 is 11.8 Å². The summed E-state index contributed by atoms with van der Waals surface area (Å²) in [4.78, 5) is 13.0. The third-order valence-electron chi connectivity index (χ3n) is 3.64. The molecular weight excluding hydrogens is 256 g/mol. The lowest BCUT2D eigenvalue weighted by atomic mass is 9.87. The van der Waals surface area contributed by atoms with Gasteiger partial charge in [0.1, 0.15) is 5.40 Å². The van der Waals surface area contributed by atoms with Gasteiger partial charge in [0.25, 0.3) is 5.91 Å². The van der Waals surface area contributed by atoms with Gasteiger partial charge in [-0.15, -0.1) is 0 Å². The molecule has 0 aromatic heterocycles. The largest absolute Gasteiger partial charge is 0.349 e. The van der Waals surface area contributed by atoms with Crippen LogP contribution in [0.25, 0.3) is 0 Å². The number of nitriles is 1. The second-order valence-corrected chi connectivity index (χ2v) is 5.95. The van der Waals surface area contributed by atoms with Crippen LogP contribution in [0.2, 0.25) is 0 Å². The summed E-state index contributed by atoms with van der Waals surface area (Å²) in [5.41, 5.74) is 0.604. The fourth-order valence-electron chi connectivity index (χ4n) is 2.46. The zero-order valence-corrected chi connectivity index (χ0v) is 11.9. The van der Waals surface area contributed by atoms with Gasteiger partial charge in [-0.3, -0.25) is 4.79 Å². The van der Waals surface area contributed by atoms with E-state index in [-0.39, 0.29) is 11.9 Å². The van der Waals surface area contributed by atoms with Crippen LogP contribution in [0.15, 0.2) is 29.2 Å². The van der Waals surface area contributed by atoms with Crippen LogP contribution in [0.1, 0.15) is 43.0 Å². The Labute approximate surface area is 118 Å². The van der Waals surface area contributed by atoms with Crippen LogP contribution in [-0.4, -0.2) is 11.9 Å². The molecule has 1 aliphatic carbocycles. The van der Waals surface area contributed by atoms with Crippen LogP contribution in [0.3, 0.4) is 0 Å². The van der Waals surface area contributed by atoms with Gasteiger partial charge in [0.2, 0.25) is 0 Å². The minimum atomic E-state index is -0.0575. The van der Waals surface area contributed by atoms with Crippen molar-refractivity contribution in [2.24, 2.45) is 5.92 Å². The average molecular weight is 274 g/mol. The summed E-state index contributed by atoms with van der Waals surface area (Å²) in [6.07, 6.45) is 4.47. The third kappa shape index (κ3) is 3.74. The van der Waals surface area contributed by atoms with E-state index in [0.29, 0.717) is 5.56 Å². The Morgan fingerprint density at radius 3 is 2.68 bits per heavy atom. The molecule has 2 rings (SSSR count). The summed E-state index contributed by atoms with van der Waals surface area (Å²) >= 11 is 1.04. The maximum Gasteiger partial charge on any atom is 0.252 e. The molecule has 100 valence electrons. The molecule has 3 nitrogen and oxygen atoms in total. The van der Waals surface area contributed by atoms with Crippen molar-refractivity contribution >= 4 is 17.7 Å². The Morgan fingerprint density at radius 2 is 2.00 bits per heavy atom. The molecule has 0 unspecified atom stereocenters. The van der Waals surface area contributed by atoms with Crippen molar-refractivity contribution < 1.29 is 4.79 Å². The van der Waals surface area contributed by atoms with Crippen LogP contribution in [-0.2, 0) is 0 Å². The number of thiocyanates is 1. The normalized spacial score (nSPS) is 22.5. The van der Waals surface area contributed by atoms with Gasteiger partial charge in [0.15, 0.2) is 0 Å². The number of hydrogen-bond donors (Lipinski definition) is 1. The topological polar surface area (TPSA) is 52.9 Å². The molecule has 19 heavy (non-hydrogen) atoms. The Morgan fingerprint density at radius 1 is 1.32 bits per heavy atom. The number of nitrogens with zero attached hydrogens (tertiary/aromatic N) is 1. The SMILES string of the molecule is CC1CCC(NC(=O)c2ccccc2SC#N)CC1. The number of hydrogen-bond acceptors (Lipinski definition) is 3. The van der Waals surface area contributed by atoms with E-state index in [0.717, 1.165) is 35.4 Å². The van der Waals surface area contributed by atoms with E-state index in [1.807, 2.05) is 23.6 Å². The van der Waals surface area contributed by atoms with Crippen molar-refractivity contribution in [3.05, 3.63) is 29.8 Å². The zero-order valence-electron chi connectivity index (χ0n) is 11.1. The maximum atomic E-state index is 12.3. The number of nitrogens with one attached hydrogen (secondary N) is 1. The zero-order chi connectivity index (χ0) is 13.7. The van der Waals surface area contributed by atoms with Crippen LogP contribution in [0.5, 0.6) is 0 Å². The smallest absolute Gasteiger partial charge is 0.252 e. The highest BCUT2D eigenvalue weighted by atomic mass is 32.2. The van der Waals surface area contributed by atoms with Crippen molar-refractivity contribution in [1.82, 2.24) is 5.32 Å². The molecule has 1 N–H and O–H groups in total. The van der Waals surface area contributed by atoms with Gasteiger partial charge < -0.3 is 5.32 Å². The van der Waals surface area contributed by atoms with E-state index in [2.05, 4.69) is 12.2 Å². The maximum absolute atomic E-state index is 12.3. The van der Waals surface area contributed by atoms with Gasteiger partial charge in [0, 0.05) is 10.9 Å². The molecule has 1 aromatic rings. The van der Waals surface area contributed by atoms with E-state index in [1.54, 1.807) is 6.07 Å². The molecule has 1 fully saturated rings. The summed E-state index contributed by atoms with van der Waals surface area (Å²) < 4.78 is 0. The van der Waals surface area contributed by atoms with Crippen molar-refractivity contribution in [1.29, 1.82) is 5.26 Å². The van der Waals surface area contributed by atoms with Gasteiger partial charge in [-0.25, -0.2) is 0 Å². The monoisotopic (exact) mass is 274 g/mol. The molecule has 0 aliphatic heterocycles. The molecule has 0 saturated heterocycles. The Kier molecular flexibility index (Phi) is 4.86. The van der Waals surface area contributed by atoms with Crippen LogP contribution in [0.4, 0.5) is 0 Å². The highest BCUT2D eigenvalue weighted by molar-refractivity contribution is 8.03. The molecule has 0 heterocycles. The van der Waals surface area contributed by atoms with Gasteiger partial charge >= 0.3 is 0 Å². The van der Waals surface area contributed by atoms with Gasteiger partial charge in [0.05, 0.1) is 5.56 Å². The molecule has 0 bridgehead atoms. The summed E-state index contributed by atoms with van der Waals surface area (Å²) in [5, 5.41) is 13.9. The summed E-state index contributed by atoms with van der Waals surface area (Å²) in [6.45, 7) is 2.26. The second-order valence-electron chi connectivity index (χ2n) is 5.12. The molecule has 1 saturated carbocycles. The Hall–Kier alpha value is -1.47. The lowest BCUT2D eigenvalue weighted by molar-refractivity contribution is 0.0920. The quantitative estimate of drug-likeness (QED) is 0.677. The van der Waals surface area contributed by atoms with E-state index in [9.17, 15) is 4.79 Å². The van der Waals surface area contributed by atoms with Crippen molar-refractivity contribution in [2.75, 3.05) is 0 Å². The lowest BCUT2D eigenvalue weighted by Crippen LogP contribution is -2.37. The Bertz CT molecular complexity index is 487. The van der Waals surface area contributed by atoms with Crippen LogP contribution < -0.4 is 5.32 Å². The second kappa shape index (κ2) is 6.63. The van der Waals surface area contributed by atoms with E-state index in [4.69, 9.17) is 5.26 Å². The lowest BCUT2D eigenvalue weighted by Gasteiger charge is -2.27. The predicted octanol–water partition coefficient (Wildman–Crippen LogP) is 3.57. The minimum absolute atomic E-state index is 0.0575. The van der Waals surface area contributed by atoms with Gasteiger partial charge in [-0.1, -0.05) is 19.1 Å². The first-order chi connectivity index (χ1) is 9.20. The molecule has 4 heteroatoms. The highest BCUT2D eigenvalue weighted by Gasteiger charge is 2.21. The fourth-order valence-corrected chi connectivity index (χ4v) is 2.98. The first kappa shape index (κ1) is 14.0.